The molecule has 0 bridgehead atoms. The van der Waals surface area contributed by atoms with Gasteiger partial charge in [0.05, 0.1) is 35.3 Å². The number of benzene rings is 6. The van der Waals surface area contributed by atoms with E-state index in [2.05, 4.69) is 139 Å². The molecule has 9 heteroatoms. The van der Waals surface area contributed by atoms with E-state index in [1.807, 2.05) is 49.7 Å². The van der Waals surface area contributed by atoms with Crippen LogP contribution in [0.2, 0.25) is 19.6 Å². The largest absolute Gasteiger partial charge is 0.332 e. The van der Waals surface area contributed by atoms with Gasteiger partial charge in [-0.1, -0.05) is 117 Å². The summed E-state index contributed by atoms with van der Waals surface area (Å²) >= 11 is 3.58. The van der Waals surface area contributed by atoms with E-state index < -0.39 is 14.0 Å². The summed E-state index contributed by atoms with van der Waals surface area (Å²) in [7, 11) is -1.57. The second kappa shape index (κ2) is 16.1. The van der Waals surface area contributed by atoms with E-state index in [0.29, 0.717) is 0 Å². The number of nitrogens with zero attached hydrogens (tertiary/aromatic N) is 4. The summed E-state index contributed by atoms with van der Waals surface area (Å²) < 4.78 is 27.5. The number of thiophene rings is 2. The number of imidazole rings is 1. The van der Waals surface area contributed by atoms with Gasteiger partial charge in [-0.3, -0.25) is 9.37 Å². The Morgan fingerprint density at radius 3 is 2.33 bits per heavy atom. The van der Waals surface area contributed by atoms with Gasteiger partial charge in [0.2, 0.25) is 0 Å². The maximum Gasteiger partial charge on any atom is 0.114 e. The number of hydrogen-bond acceptors (Lipinski definition) is 5. The normalized spacial score (nSPS) is 12.3. The first-order valence-electron chi connectivity index (χ1n) is 20.5. The van der Waals surface area contributed by atoms with E-state index in [1.54, 1.807) is 17.4 Å². The van der Waals surface area contributed by atoms with Crippen molar-refractivity contribution in [2.45, 2.75) is 46.3 Å². The minimum Gasteiger partial charge on any atom is -0.332 e. The zero-order chi connectivity index (χ0) is 42.2. The molecule has 0 aliphatic rings. The molecule has 0 atom stereocenters. The third kappa shape index (κ3) is 7.22. The molecule has 0 aliphatic carbocycles. The molecule has 0 amide bonds. The number of fused-ring (bicyclic) bond motifs is 9. The number of para-hydroxylation sites is 2. The van der Waals surface area contributed by atoms with Crippen LogP contribution >= 0.6 is 22.7 Å². The van der Waals surface area contributed by atoms with Crippen LogP contribution in [0, 0.1) is 24.9 Å². The van der Waals surface area contributed by atoms with Gasteiger partial charge in [0.25, 0.3) is 0 Å². The quantitative estimate of drug-likeness (QED) is 0.127. The SMILES string of the molecule is Cc1ccc(-n2c(-c3[c-]ccc4c3sc3ncc5ccccc5c34)nc3ccccc32)c2sc3ccccc3c12.[2H]C(C)(C)c1cc(-c2[c-]cc(F)cc2)ncc1[Si](C)(C)C.[Ir]. The van der Waals surface area contributed by atoms with Gasteiger partial charge in [0.1, 0.15) is 4.83 Å². The minimum atomic E-state index is -1.57. The summed E-state index contributed by atoms with van der Waals surface area (Å²) in [5, 5.41) is 8.63. The molecular formula is C52H41FIrN4S2Si-2. The van der Waals surface area contributed by atoms with Crippen molar-refractivity contribution in [3.63, 3.8) is 0 Å². The van der Waals surface area contributed by atoms with Crippen LogP contribution in [0.5, 0.6) is 0 Å². The Labute approximate surface area is 378 Å². The zero-order valence-corrected chi connectivity index (χ0v) is 39.5. The summed E-state index contributed by atoms with van der Waals surface area (Å²) in [6.45, 7) is 12.8. The minimum absolute atomic E-state index is 0. The van der Waals surface area contributed by atoms with Gasteiger partial charge >= 0.3 is 0 Å². The first-order valence-corrected chi connectivity index (χ1v) is 25.2. The predicted octanol–water partition coefficient (Wildman–Crippen LogP) is 14.4. The van der Waals surface area contributed by atoms with E-state index in [0.717, 1.165) is 59.8 Å². The molecule has 0 saturated heterocycles. The maximum atomic E-state index is 13.0. The van der Waals surface area contributed by atoms with Crippen LogP contribution in [0.25, 0.3) is 90.6 Å². The van der Waals surface area contributed by atoms with Gasteiger partial charge in [0, 0.05) is 65.9 Å². The monoisotopic (exact) mass is 1030 g/mol. The second-order valence-electron chi connectivity index (χ2n) is 16.5. The first kappa shape index (κ1) is 39.7. The molecule has 5 aromatic heterocycles. The molecule has 5 heterocycles. The molecule has 4 nitrogen and oxygen atoms in total. The molecule has 11 rings (SSSR count). The smallest absolute Gasteiger partial charge is 0.114 e. The van der Waals surface area contributed by atoms with Crippen LogP contribution in [0.15, 0.2) is 134 Å². The van der Waals surface area contributed by atoms with Crippen LogP contribution in [0.4, 0.5) is 4.39 Å². The number of aryl methyl sites for hydroxylation is 1. The average Bonchev–Trinajstić information content (AvgIpc) is 3.96. The third-order valence-electron chi connectivity index (χ3n) is 11.2. The Bertz CT molecular complexity index is 3490. The van der Waals surface area contributed by atoms with E-state index in [1.165, 1.54) is 59.2 Å². The number of hydrogen-bond donors (Lipinski definition) is 0. The zero-order valence-electron chi connectivity index (χ0n) is 35.5. The van der Waals surface area contributed by atoms with E-state index >= 15 is 0 Å². The van der Waals surface area contributed by atoms with Crippen LogP contribution < -0.4 is 5.19 Å². The van der Waals surface area contributed by atoms with Gasteiger partial charge in [-0.05, 0) is 63.6 Å². The molecule has 6 aromatic carbocycles. The molecule has 0 spiro atoms. The Hall–Kier alpha value is -5.41. The molecule has 11 aromatic rings. The fourth-order valence-corrected chi connectivity index (χ4v) is 12.3. The molecule has 61 heavy (non-hydrogen) atoms. The Balaban J connectivity index is 0.000000190. The van der Waals surface area contributed by atoms with Gasteiger partial charge in [-0.15, -0.1) is 59.4 Å². The summed E-state index contributed by atoms with van der Waals surface area (Å²) in [6.07, 6.45) is 3.88. The summed E-state index contributed by atoms with van der Waals surface area (Å²) in [4.78, 5) is 15.7. The van der Waals surface area contributed by atoms with Crippen molar-refractivity contribution in [1.29, 1.82) is 0 Å². The van der Waals surface area contributed by atoms with Gasteiger partial charge in [-0.2, -0.15) is 11.3 Å². The van der Waals surface area contributed by atoms with Crippen LogP contribution in [0.1, 0.15) is 32.2 Å². The number of aromatic nitrogens is 4. The van der Waals surface area contributed by atoms with Gasteiger partial charge < -0.3 is 9.55 Å². The molecule has 0 aliphatic heterocycles. The average molecular weight is 1030 g/mol. The Kier molecular flexibility index (Phi) is 10.5. The van der Waals surface area contributed by atoms with E-state index in [-0.39, 0.29) is 25.9 Å². The van der Waals surface area contributed by atoms with Gasteiger partial charge in [-0.25, -0.2) is 4.98 Å². The molecule has 303 valence electrons. The molecule has 0 fully saturated rings. The summed E-state index contributed by atoms with van der Waals surface area (Å²) in [6, 6.07) is 47.2. The topological polar surface area (TPSA) is 43.6 Å². The summed E-state index contributed by atoms with van der Waals surface area (Å²) in [5.74, 6) is -0.0864. The van der Waals surface area contributed by atoms with Crippen LogP contribution in [-0.4, -0.2) is 27.6 Å². The molecular weight excluding hydrogens is 984 g/mol. The molecule has 0 N–H and O–H groups in total. The van der Waals surface area contributed by atoms with Crippen molar-refractivity contribution in [2.24, 2.45) is 0 Å². The van der Waals surface area contributed by atoms with Crippen molar-refractivity contribution in [3.8, 4) is 28.3 Å². The first-order chi connectivity index (χ1) is 29.3. The fourth-order valence-electron chi connectivity index (χ4n) is 8.31. The molecule has 1 radical (unpaired) electrons. The van der Waals surface area contributed by atoms with E-state index in [4.69, 9.17) is 11.3 Å². The van der Waals surface area contributed by atoms with Crippen molar-refractivity contribution in [1.82, 2.24) is 19.5 Å². The van der Waals surface area contributed by atoms with Crippen molar-refractivity contribution in [3.05, 3.63) is 163 Å². The number of rotatable bonds is 5. The Morgan fingerprint density at radius 2 is 1.54 bits per heavy atom. The predicted molar refractivity (Wildman–Crippen MR) is 257 cm³/mol. The van der Waals surface area contributed by atoms with E-state index in [9.17, 15) is 4.39 Å². The third-order valence-corrected chi connectivity index (χ3v) is 15.6. The molecule has 0 unspecified atom stereocenters. The number of halogens is 1. The molecule has 0 saturated carbocycles. The maximum absolute atomic E-state index is 13.0. The van der Waals surface area contributed by atoms with Crippen molar-refractivity contribution in [2.75, 3.05) is 0 Å². The summed E-state index contributed by atoms with van der Waals surface area (Å²) in [5.41, 5.74) is 8.02. The van der Waals surface area contributed by atoms with Gasteiger partial charge in [0.15, 0.2) is 0 Å². The van der Waals surface area contributed by atoms with Crippen LogP contribution in [0.3, 0.4) is 0 Å². The second-order valence-corrected chi connectivity index (χ2v) is 23.6. The van der Waals surface area contributed by atoms with Crippen molar-refractivity contribution >= 4 is 98.2 Å². The Morgan fingerprint density at radius 1 is 0.770 bits per heavy atom. The number of pyridine rings is 2. The van der Waals surface area contributed by atoms with Crippen molar-refractivity contribution < 1.29 is 25.9 Å². The standard InChI is InChI=1S/C35H20N3S2.C17H21FNSi.Ir/c1-20-17-18-28(33-30(20)23-11-4-7-16-29(23)39-33)38-27-15-6-5-14-26(27)37-34(38)25-13-8-12-24-31-22-10-3-2-9-21(22)19-36-35(31)40-32(24)25;1-12(2)15-10-16(13-6-8-14(18)9-7-13)19-11-17(15)20(3,4)5;/h2-12,14-19H,1H3;6,8-12H,1-5H3;/q2*-1;/i;12D;. The van der Waals surface area contributed by atoms with Crippen LogP contribution in [-0.2, 0) is 20.1 Å². The fraction of sp³-hybridized carbons (Fsp3) is 0.135.